The molecule has 0 aliphatic carbocycles. The quantitative estimate of drug-likeness (QED) is 0.199. The van der Waals surface area contributed by atoms with Gasteiger partial charge in [-0.3, -0.25) is 0 Å². The van der Waals surface area contributed by atoms with Gasteiger partial charge in [0.25, 0.3) is 0 Å². The first-order valence-corrected chi connectivity index (χ1v) is 14.1. The van der Waals surface area contributed by atoms with E-state index in [1.54, 1.807) is 0 Å². The van der Waals surface area contributed by atoms with Crippen LogP contribution in [0.15, 0.2) is 36.7 Å². The molecule has 184 valence electrons. The van der Waals surface area contributed by atoms with Gasteiger partial charge in [-0.05, 0) is 42.7 Å². The molecule has 0 aliphatic rings. The lowest BCUT2D eigenvalue weighted by Crippen LogP contribution is -1.94. The number of benzene rings is 1. The van der Waals surface area contributed by atoms with Crippen LogP contribution in [0.25, 0.3) is 11.4 Å². The molecule has 1 heterocycles. The minimum Gasteiger partial charge on any atom is -0.236 e. The van der Waals surface area contributed by atoms with Gasteiger partial charge in [-0.2, -0.15) is 0 Å². The largest absolute Gasteiger partial charge is 0.236 e. The van der Waals surface area contributed by atoms with Crippen LogP contribution < -0.4 is 0 Å². The van der Waals surface area contributed by atoms with Gasteiger partial charge in [-0.1, -0.05) is 129 Å². The lowest BCUT2D eigenvalue weighted by Gasteiger charge is -2.07. The number of hydrogen-bond acceptors (Lipinski definition) is 2. The third kappa shape index (κ3) is 12.4. The Bertz CT molecular complexity index is 705. The lowest BCUT2D eigenvalue weighted by atomic mass is 9.99. The van der Waals surface area contributed by atoms with Crippen LogP contribution in [-0.2, 0) is 12.8 Å². The van der Waals surface area contributed by atoms with Gasteiger partial charge in [0.15, 0.2) is 5.82 Å². The minimum absolute atomic E-state index is 0.850. The molecule has 0 amide bonds. The van der Waals surface area contributed by atoms with Crippen molar-refractivity contribution in [3.8, 4) is 11.4 Å². The van der Waals surface area contributed by atoms with Crippen molar-refractivity contribution >= 4 is 0 Å². The summed E-state index contributed by atoms with van der Waals surface area (Å²) in [6, 6.07) is 8.89. The van der Waals surface area contributed by atoms with E-state index in [1.807, 2.05) is 12.4 Å². The van der Waals surface area contributed by atoms with Gasteiger partial charge in [-0.15, -0.1) is 0 Å². The first kappa shape index (κ1) is 27.5. The molecule has 0 saturated carbocycles. The van der Waals surface area contributed by atoms with Crippen LogP contribution in [0, 0.1) is 5.92 Å². The predicted octanol–water partition coefficient (Wildman–Crippen LogP) is 9.76. The van der Waals surface area contributed by atoms with Crippen LogP contribution in [0.4, 0.5) is 0 Å². The zero-order valence-electron chi connectivity index (χ0n) is 22.0. The second-order valence-corrected chi connectivity index (χ2v) is 10.2. The van der Waals surface area contributed by atoms with Crippen molar-refractivity contribution in [2.75, 3.05) is 0 Å². The summed E-state index contributed by atoms with van der Waals surface area (Å²) in [4.78, 5) is 9.28. The first-order valence-electron chi connectivity index (χ1n) is 14.1. The Morgan fingerprint density at radius 3 is 1.70 bits per heavy atom. The highest BCUT2D eigenvalue weighted by Crippen LogP contribution is 2.18. The highest BCUT2D eigenvalue weighted by atomic mass is 14.9. The molecule has 2 aromatic rings. The van der Waals surface area contributed by atoms with E-state index in [0.29, 0.717) is 0 Å². The summed E-state index contributed by atoms with van der Waals surface area (Å²) in [7, 11) is 0. The van der Waals surface area contributed by atoms with E-state index in [9.17, 15) is 0 Å². The van der Waals surface area contributed by atoms with Crippen LogP contribution >= 0.6 is 0 Å². The second kappa shape index (κ2) is 17.7. The molecule has 1 aromatic heterocycles. The molecule has 0 aliphatic heterocycles. The van der Waals surface area contributed by atoms with Gasteiger partial charge in [0, 0.05) is 18.0 Å². The van der Waals surface area contributed by atoms with Crippen LogP contribution in [0.2, 0.25) is 0 Å². The third-order valence-corrected chi connectivity index (χ3v) is 7.10. The number of rotatable bonds is 19. The van der Waals surface area contributed by atoms with E-state index in [4.69, 9.17) is 0 Å². The van der Waals surface area contributed by atoms with Gasteiger partial charge in [-0.25, -0.2) is 9.97 Å². The van der Waals surface area contributed by atoms with E-state index in [1.165, 1.54) is 114 Å². The van der Waals surface area contributed by atoms with Crippen LogP contribution in [0.5, 0.6) is 0 Å². The lowest BCUT2D eigenvalue weighted by molar-refractivity contribution is 0.471. The molecular weight excluding hydrogens is 400 g/mol. The van der Waals surface area contributed by atoms with Crippen molar-refractivity contribution in [3.05, 3.63) is 47.8 Å². The molecule has 2 rings (SSSR count). The van der Waals surface area contributed by atoms with Crippen molar-refractivity contribution in [1.29, 1.82) is 0 Å². The Kier molecular flexibility index (Phi) is 14.8. The van der Waals surface area contributed by atoms with Crippen LogP contribution in [-0.4, -0.2) is 9.97 Å². The molecular formula is C31H50N2. The summed E-state index contributed by atoms with van der Waals surface area (Å²) in [5, 5.41) is 0. The van der Waals surface area contributed by atoms with Crippen LogP contribution in [0.1, 0.15) is 128 Å². The number of aromatic nitrogens is 2. The Balaban J connectivity index is 1.60. The number of nitrogens with zero attached hydrogens (tertiary/aromatic N) is 2. The van der Waals surface area contributed by atoms with Crippen molar-refractivity contribution in [2.24, 2.45) is 5.92 Å². The molecule has 1 unspecified atom stereocenters. The maximum atomic E-state index is 4.64. The molecule has 2 nitrogen and oxygen atoms in total. The first-order chi connectivity index (χ1) is 16.2. The normalized spacial score (nSPS) is 12.2. The van der Waals surface area contributed by atoms with E-state index in [-0.39, 0.29) is 0 Å². The zero-order valence-corrected chi connectivity index (χ0v) is 22.0. The van der Waals surface area contributed by atoms with Gasteiger partial charge < -0.3 is 0 Å². The molecule has 1 aromatic carbocycles. The summed E-state index contributed by atoms with van der Waals surface area (Å²) in [6.45, 7) is 6.96. The van der Waals surface area contributed by atoms with Gasteiger partial charge in [0.1, 0.15) is 0 Å². The standard InChI is InChI=1S/C31H50N2/c1-4-6-7-8-9-13-16-19-28-21-23-30(24-22-28)31-32-25-29(26-33-31)20-17-14-11-10-12-15-18-27(3)5-2/h21-27H,4-20H2,1-3H3. The molecule has 0 spiro atoms. The molecule has 0 radical (unpaired) electrons. The minimum atomic E-state index is 0.850. The van der Waals surface area contributed by atoms with Gasteiger partial charge in [0.05, 0.1) is 0 Å². The topological polar surface area (TPSA) is 25.8 Å². The Labute approximate surface area is 205 Å². The number of aryl methyl sites for hydroxylation is 2. The number of unbranched alkanes of at least 4 members (excludes halogenated alkanes) is 11. The molecule has 0 fully saturated rings. The fourth-order valence-electron chi connectivity index (χ4n) is 4.47. The van der Waals surface area contributed by atoms with Crippen molar-refractivity contribution < 1.29 is 0 Å². The Morgan fingerprint density at radius 2 is 1.12 bits per heavy atom. The molecule has 2 heteroatoms. The highest BCUT2D eigenvalue weighted by Gasteiger charge is 2.03. The molecule has 1 atom stereocenters. The summed E-state index contributed by atoms with van der Waals surface area (Å²) < 4.78 is 0. The summed E-state index contributed by atoms with van der Waals surface area (Å²) in [5.74, 6) is 1.75. The SMILES string of the molecule is CCCCCCCCCc1ccc(-c2ncc(CCCCCCCCC(C)CC)cn2)cc1. The summed E-state index contributed by atoms with van der Waals surface area (Å²) >= 11 is 0. The fraction of sp³-hybridized carbons (Fsp3) is 0.677. The average Bonchev–Trinajstić information content (AvgIpc) is 2.85. The van der Waals surface area contributed by atoms with E-state index >= 15 is 0 Å². The smallest absolute Gasteiger partial charge is 0.159 e. The average molecular weight is 451 g/mol. The van der Waals surface area contributed by atoms with E-state index < -0.39 is 0 Å². The monoisotopic (exact) mass is 450 g/mol. The summed E-state index contributed by atoms with van der Waals surface area (Å²) in [5.41, 5.74) is 3.83. The molecule has 33 heavy (non-hydrogen) atoms. The van der Waals surface area contributed by atoms with Gasteiger partial charge >= 0.3 is 0 Å². The van der Waals surface area contributed by atoms with E-state index in [0.717, 1.165) is 23.7 Å². The van der Waals surface area contributed by atoms with Gasteiger partial charge in [0.2, 0.25) is 0 Å². The zero-order chi connectivity index (χ0) is 23.6. The molecule has 0 N–H and O–H groups in total. The van der Waals surface area contributed by atoms with Crippen molar-refractivity contribution in [3.63, 3.8) is 0 Å². The maximum Gasteiger partial charge on any atom is 0.159 e. The fourth-order valence-corrected chi connectivity index (χ4v) is 4.47. The van der Waals surface area contributed by atoms with Crippen molar-refractivity contribution in [2.45, 2.75) is 130 Å². The maximum absolute atomic E-state index is 4.64. The van der Waals surface area contributed by atoms with E-state index in [2.05, 4.69) is 55.0 Å². The summed E-state index contributed by atoms with van der Waals surface area (Å²) in [6.07, 6.45) is 26.8. The second-order valence-electron chi connectivity index (χ2n) is 10.2. The molecule has 0 bridgehead atoms. The van der Waals surface area contributed by atoms with Crippen LogP contribution in [0.3, 0.4) is 0 Å². The number of hydrogen-bond donors (Lipinski definition) is 0. The Morgan fingerprint density at radius 1 is 0.606 bits per heavy atom. The third-order valence-electron chi connectivity index (χ3n) is 7.10. The predicted molar refractivity (Wildman–Crippen MR) is 145 cm³/mol. The molecule has 0 saturated heterocycles. The van der Waals surface area contributed by atoms with Crippen molar-refractivity contribution in [1.82, 2.24) is 9.97 Å². The Hall–Kier alpha value is -1.70. The highest BCUT2D eigenvalue weighted by molar-refractivity contribution is 5.55.